The summed E-state index contributed by atoms with van der Waals surface area (Å²) < 4.78 is 1.41. The summed E-state index contributed by atoms with van der Waals surface area (Å²) in [7, 11) is 0. The summed E-state index contributed by atoms with van der Waals surface area (Å²) in [6.45, 7) is 2.38. The van der Waals surface area contributed by atoms with Gasteiger partial charge in [0.2, 0.25) is 0 Å². The third kappa shape index (κ3) is 2.39. The summed E-state index contributed by atoms with van der Waals surface area (Å²) in [4.78, 5) is 42.3. The highest BCUT2D eigenvalue weighted by Gasteiger charge is 2.30. The second kappa shape index (κ2) is 5.53. The Hall–Kier alpha value is -2.22. The molecule has 1 N–H and O–H groups in total. The largest absolute Gasteiger partial charge is 0.481 e. The van der Waals surface area contributed by atoms with E-state index in [9.17, 15) is 14.4 Å². The smallest absolute Gasteiger partial charge is 0.308 e. The minimum Gasteiger partial charge on any atom is -0.481 e. The second-order valence-corrected chi connectivity index (χ2v) is 6.24. The van der Waals surface area contributed by atoms with E-state index in [1.807, 2.05) is 0 Å². The van der Waals surface area contributed by atoms with Crippen molar-refractivity contribution in [3.05, 3.63) is 33.2 Å². The number of thiazole rings is 1. The molecule has 8 heteroatoms. The van der Waals surface area contributed by atoms with Gasteiger partial charge in [-0.3, -0.25) is 18.8 Å². The lowest BCUT2D eigenvalue weighted by atomic mass is 9.98. The number of aryl methyl sites for hydroxylation is 1. The first-order chi connectivity index (χ1) is 10.5. The molecule has 7 nitrogen and oxygen atoms in total. The number of carboxylic acids is 1. The third-order valence-corrected chi connectivity index (χ3v) is 4.86. The molecule has 1 atom stereocenters. The quantitative estimate of drug-likeness (QED) is 0.891. The molecule has 116 valence electrons. The first kappa shape index (κ1) is 14.7. The Morgan fingerprint density at radius 1 is 1.45 bits per heavy atom. The van der Waals surface area contributed by atoms with Crippen LogP contribution in [0.5, 0.6) is 0 Å². The summed E-state index contributed by atoms with van der Waals surface area (Å²) in [5, 5.41) is 10.9. The highest BCUT2D eigenvalue weighted by Crippen LogP contribution is 2.18. The van der Waals surface area contributed by atoms with Crippen LogP contribution in [0.2, 0.25) is 0 Å². The Bertz CT molecular complexity index is 810. The van der Waals surface area contributed by atoms with Crippen LogP contribution in [0.25, 0.3) is 4.96 Å². The topological polar surface area (TPSA) is 92.0 Å². The minimum atomic E-state index is -0.906. The fourth-order valence-electron chi connectivity index (χ4n) is 2.71. The lowest BCUT2D eigenvalue weighted by Crippen LogP contribution is -2.44. The number of carbonyl (C=O) groups excluding carboxylic acids is 1. The van der Waals surface area contributed by atoms with Crippen molar-refractivity contribution < 1.29 is 14.7 Å². The predicted molar refractivity (Wildman–Crippen MR) is 80.3 cm³/mol. The Labute approximate surface area is 129 Å². The van der Waals surface area contributed by atoms with Gasteiger partial charge in [-0.2, -0.15) is 0 Å². The molecule has 1 aliphatic rings. The van der Waals surface area contributed by atoms with Gasteiger partial charge in [0.05, 0.1) is 5.92 Å². The van der Waals surface area contributed by atoms with Crippen LogP contribution < -0.4 is 5.56 Å². The van der Waals surface area contributed by atoms with Crippen molar-refractivity contribution in [2.24, 2.45) is 5.92 Å². The molecule has 0 radical (unpaired) electrons. The van der Waals surface area contributed by atoms with Gasteiger partial charge >= 0.3 is 5.97 Å². The second-order valence-electron chi connectivity index (χ2n) is 5.40. The maximum Gasteiger partial charge on any atom is 0.308 e. The number of likely N-dealkylation sites (tertiary alicyclic amines) is 1. The molecule has 0 saturated carbocycles. The number of fused-ring (bicyclic) bond motifs is 1. The van der Waals surface area contributed by atoms with Crippen molar-refractivity contribution in [3.63, 3.8) is 0 Å². The number of carboxylic acid groups (broad SMARTS) is 1. The molecule has 1 amide bonds. The highest BCUT2D eigenvalue weighted by molar-refractivity contribution is 7.15. The molecule has 0 aliphatic carbocycles. The number of rotatable bonds is 2. The maximum absolute atomic E-state index is 12.5. The monoisotopic (exact) mass is 321 g/mol. The molecular weight excluding hydrogens is 306 g/mol. The van der Waals surface area contributed by atoms with Crippen LogP contribution >= 0.6 is 11.3 Å². The molecule has 0 bridgehead atoms. The summed E-state index contributed by atoms with van der Waals surface area (Å²) in [6, 6.07) is 0. The zero-order valence-corrected chi connectivity index (χ0v) is 12.8. The van der Waals surface area contributed by atoms with E-state index in [4.69, 9.17) is 5.11 Å². The van der Waals surface area contributed by atoms with Gasteiger partial charge in [-0.05, 0) is 19.8 Å². The number of aromatic nitrogens is 2. The molecule has 0 aromatic carbocycles. The van der Waals surface area contributed by atoms with Gasteiger partial charge in [-0.15, -0.1) is 11.3 Å². The van der Waals surface area contributed by atoms with E-state index in [1.165, 1.54) is 26.8 Å². The Kier molecular flexibility index (Phi) is 3.69. The molecule has 1 fully saturated rings. The van der Waals surface area contributed by atoms with Crippen LogP contribution in [0.15, 0.2) is 16.4 Å². The van der Waals surface area contributed by atoms with Crippen LogP contribution in [-0.4, -0.2) is 44.4 Å². The molecule has 22 heavy (non-hydrogen) atoms. The van der Waals surface area contributed by atoms with E-state index < -0.39 is 23.4 Å². The molecule has 2 aromatic rings. The predicted octanol–water partition coefficient (Wildman–Crippen LogP) is 1.00. The van der Waals surface area contributed by atoms with Gasteiger partial charge < -0.3 is 10.0 Å². The summed E-state index contributed by atoms with van der Waals surface area (Å²) in [5.74, 6) is -1.92. The number of hydrogen-bond donors (Lipinski definition) is 1. The molecule has 3 rings (SSSR count). The SMILES string of the molecule is Cc1csc2ncc(C(=O)N3CCC[C@H](C(=O)O)C3)c(=O)n12. The van der Waals surface area contributed by atoms with Crippen molar-refractivity contribution in [1.29, 1.82) is 0 Å². The standard InChI is InChI=1S/C14H15N3O4S/c1-8-7-22-14-15-5-10(12(19)17(8)14)11(18)16-4-2-3-9(6-16)13(20)21/h5,7,9H,2-4,6H2,1H3,(H,20,21)/t9-/m0/s1. The summed E-state index contributed by atoms with van der Waals surface area (Å²) in [6.07, 6.45) is 2.47. The van der Waals surface area contributed by atoms with Gasteiger partial charge in [-0.1, -0.05) is 0 Å². The van der Waals surface area contributed by atoms with Gasteiger partial charge in [-0.25, -0.2) is 4.98 Å². The number of nitrogens with zero attached hydrogens (tertiary/aromatic N) is 3. The van der Waals surface area contributed by atoms with Crippen LogP contribution in [0.3, 0.4) is 0 Å². The average molecular weight is 321 g/mol. The maximum atomic E-state index is 12.5. The number of carbonyl (C=O) groups is 2. The number of piperidine rings is 1. The van der Waals surface area contributed by atoms with E-state index in [0.717, 1.165) is 5.69 Å². The Balaban J connectivity index is 1.95. The number of amides is 1. The number of hydrogen-bond acceptors (Lipinski definition) is 5. The average Bonchev–Trinajstić information content (AvgIpc) is 2.89. The first-order valence-electron chi connectivity index (χ1n) is 6.97. The molecule has 1 saturated heterocycles. The van der Waals surface area contributed by atoms with Crippen molar-refractivity contribution in [1.82, 2.24) is 14.3 Å². The van der Waals surface area contributed by atoms with Crippen molar-refractivity contribution in [2.45, 2.75) is 19.8 Å². The van der Waals surface area contributed by atoms with Crippen molar-refractivity contribution in [3.8, 4) is 0 Å². The normalized spacial score (nSPS) is 18.6. The van der Waals surface area contributed by atoms with Gasteiger partial charge in [0.1, 0.15) is 5.56 Å². The Morgan fingerprint density at radius 3 is 2.95 bits per heavy atom. The minimum absolute atomic E-state index is 0.00922. The van der Waals surface area contributed by atoms with E-state index in [1.54, 1.807) is 12.3 Å². The third-order valence-electron chi connectivity index (χ3n) is 3.90. The van der Waals surface area contributed by atoms with Crippen molar-refractivity contribution >= 4 is 28.2 Å². The van der Waals surface area contributed by atoms with Gasteiger partial charge in [0, 0.05) is 30.4 Å². The molecule has 0 spiro atoms. The lowest BCUT2D eigenvalue weighted by molar-refractivity contribution is -0.143. The zero-order chi connectivity index (χ0) is 15.9. The highest BCUT2D eigenvalue weighted by atomic mass is 32.1. The van der Waals surface area contributed by atoms with E-state index in [2.05, 4.69) is 4.98 Å². The first-order valence-corrected chi connectivity index (χ1v) is 7.85. The summed E-state index contributed by atoms with van der Waals surface area (Å²) in [5.41, 5.74) is 0.324. The molecule has 1 aliphatic heterocycles. The lowest BCUT2D eigenvalue weighted by Gasteiger charge is -2.30. The van der Waals surface area contributed by atoms with Crippen LogP contribution in [-0.2, 0) is 4.79 Å². The molecular formula is C14H15N3O4S. The fourth-order valence-corrected chi connectivity index (χ4v) is 3.53. The molecule has 0 unspecified atom stereocenters. The Morgan fingerprint density at radius 2 is 2.23 bits per heavy atom. The summed E-state index contributed by atoms with van der Waals surface area (Å²) >= 11 is 1.34. The molecule has 3 heterocycles. The van der Waals surface area contributed by atoms with Crippen LogP contribution in [0.1, 0.15) is 28.9 Å². The number of aliphatic carboxylic acids is 1. The van der Waals surface area contributed by atoms with Gasteiger partial charge in [0.15, 0.2) is 4.96 Å². The van der Waals surface area contributed by atoms with Crippen LogP contribution in [0.4, 0.5) is 0 Å². The van der Waals surface area contributed by atoms with Crippen molar-refractivity contribution in [2.75, 3.05) is 13.1 Å². The zero-order valence-electron chi connectivity index (χ0n) is 12.0. The fraction of sp³-hybridized carbons (Fsp3) is 0.429. The van der Waals surface area contributed by atoms with E-state index >= 15 is 0 Å². The van der Waals surface area contributed by atoms with Gasteiger partial charge in [0.25, 0.3) is 11.5 Å². The van der Waals surface area contributed by atoms with E-state index in [-0.39, 0.29) is 12.1 Å². The molecule has 2 aromatic heterocycles. The van der Waals surface area contributed by atoms with Crippen LogP contribution in [0, 0.1) is 12.8 Å². The van der Waals surface area contributed by atoms with E-state index in [0.29, 0.717) is 24.3 Å².